The number of carboxylic acids is 2. The number of nitrogens with zero attached hydrogens (tertiary/aromatic N) is 2. The maximum Gasteiger partial charge on any atom is 0.414 e. The largest absolute Gasteiger partial charge is 0.473 e. The van der Waals surface area contributed by atoms with E-state index in [1.54, 1.807) is 0 Å². The summed E-state index contributed by atoms with van der Waals surface area (Å²) in [7, 11) is 0. The molecule has 6 heteroatoms. The monoisotopic (exact) mass is 382 g/mol. The van der Waals surface area contributed by atoms with Gasteiger partial charge in [0.05, 0.1) is 0 Å². The lowest BCUT2D eigenvalue weighted by molar-refractivity contribution is -0.159. The van der Waals surface area contributed by atoms with Gasteiger partial charge in [-0.1, -0.05) is 72.8 Å². The van der Waals surface area contributed by atoms with Gasteiger partial charge in [0, 0.05) is 39.3 Å². The molecule has 2 N–H and O–H groups in total. The van der Waals surface area contributed by atoms with Gasteiger partial charge >= 0.3 is 11.9 Å². The number of aliphatic carboxylic acids is 2. The van der Waals surface area contributed by atoms with E-state index in [1.807, 2.05) is 0 Å². The molecule has 2 aromatic rings. The number of carboxylic acid groups (broad SMARTS) is 2. The highest BCUT2D eigenvalue weighted by atomic mass is 16.4. The first-order valence-electron chi connectivity index (χ1n) is 9.21. The zero-order chi connectivity index (χ0) is 20.2. The van der Waals surface area contributed by atoms with E-state index in [2.05, 4.69) is 82.6 Å². The number of hydrogen-bond donors (Lipinski definition) is 2. The van der Waals surface area contributed by atoms with Crippen molar-refractivity contribution >= 4 is 18.0 Å². The van der Waals surface area contributed by atoms with Gasteiger partial charge in [-0.05, 0) is 11.1 Å². The maximum absolute atomic E-state index is 9.10. The van der Waals surface area contributed by atoms with Crippen LogP contribution in [0.15, 0.2) is 66.7 Å². The highest BCUT2D eigenvalue weighted by molar-refractivity contribution is 6.27. The molecule has 148 valence electrons. The average molecular weight is 382 g/mol. The smallest absolute Gasteiger partial charge is 0.414 e. The number of hydrogen-bond acceptors (Lipinski definition) is 4. The lowest BCUT2D eigenvalue weighted by Gasteiger charge is -2.34. The molecule has 0 spiro atoms. The van der Waals surface area contributed by atoms with Crippen LogP contribution in [0, 0.1) is 0 Å². The highest BCUT2D eigenvalue weighted by Crippen LogP contribution is 2.09. The van der Waals surface area contributed by atoms with E-state index in [0.717, 1.165) is 39.3 Å². The Labute approximate surface area is 165 Å². The zero-order valence-electron chi connectivity index (χ0n) is 15.8. The Morgan fingerprint density at radius 1 is 0.786 bits per heavy atom. The predicted octanol–water partition coefficient (Wildman–Crippen LogP) is 2.67. The summed E-state index contributed by atoms with van der Waals surface area (Å²) in [6.07, 6.45) is 4.50. The molecule has 1 heterocycles. The fraction of sp³-hybridized carbons (Fsp3) is 0.273. The first-order valence-corrected chi connectivity index (χ1v) is 9.21. The van der Waals surface area contributed by atoms with Crippen LogP contribution in [0.3, 0.4) is 0 Å². The first-order chi connectivity index (χ1) is 13.5. The van der Waals surface area contributed by atoms with Crippen molar-refractivity contribution in [2.45, 2.75) is 6.54 Å². The molecule has 6 nitrogen and oxygen atoms in total. The van der Waals surface area contributed by atoms with Crippen molar-refractivity contribution in [1.29, 1.82) is 0 Å². The number of benzene rings is 2. The molecular weight excluding hydrogens is 356 g/mol. The predicted molar refractivity (Wildman–Crippen MR) is 109 cm³/mol. The van der Waals surface area contributed by atoms with Crippen LogP contribution < -0.4 is 0 Å². The van der Waals surface area contributed by atoms with Crippen molar-refractivity contribution in [3.8, 4) is 0 Å². The molecule has 0 atom stereocenters. The van der Waals surface area contributed by atoms with Gasteiger partial charge < -0.3 is 10.2 Å². The van der Waals surface area contributed by atoms with Gasteiger partial charge in [-0.3, -0.25) is 9.80 Å². The molecule has 3 rings (SSSR count). The van der Waals surface area contributed by atoms with Gasteiger partial charge in [-0.25, -0.2) is 9.59 Å². The fourth-order valence-corrected chi connectivity index (χ4v) is 2.87. The second-order valence-electron chi connectivity index (χ2n) is 6.49. The molecule has 1 saturated heterocycles. The Morgan fingerprint density at radius 2 is 1.29 bits per heavy atom. The summed E-state index contributed by atoms with van der Waals surface area (Å²) in [5.41, 5.74) is 2.70. The highest BCUT2D eigenvalue weighted by Gasteiger charge is 2.15. The summed E-state index contributed by atoms with van der Waals surface area (Å²) < 4.78 is 0. The van der Waals surface area contributed by atoms with Gasteiger partial charge in [-0.15, -0.1) is 0 Å². The van der Waals surface area contributed by atoms with Gasteiger partial charge in [0.15, 0.2) is 0 Å². The summed E-state index contributed by atoms with van der Waals surface area (Å²) in [5, 5.41) is 14.8. The third-order valence-corrected chi connectivity index (χ3v) is 4.37. The molecule has 0 unspecified atom stereocenters. The van der Waals surface area contributed by atoms with Crippen LogP contribution in [-0.2, 0) is 16.1 Å². The molecule has 28 heavy (non-hydrogen) atoms. The normalized spacial score (nSPS) is 15.0. The van der Waals surface area contributed by atoms with Crippen LogP contribution in [0.5, 0.6) is 0 Å². The maximum atomic E-state index is 9.10. The summed E-state index contributed by atoms with van der Waals surface area (Å²) in [6, 6.07) is 21.3. The molecule has 0 saturated carbocycles. The Bertz CT molecular complexity index is 743. The Balaban J connectivity index is 0.000000409. The van der Waals surface area contributed by atoms with E-state index in [4.69, 9.17) is 19.8 Å². The molecule has 0 aliphatic carbocycles. The van der Waals surface area contributed by atoms with Crippen LogP contribution in [0.25, 0.3) is 6.08 Å². The Hall–Kier alpha value is -2.96. The average Bonchev–Trinajstić information content (AvgIpc) is 2.71. The van der Waals surface area contributed by atoms with Crippen molar-refractivity contribution in [2.75, 3.05) is 32.7 Å². The van der Waals surface area contributed by atoms with Crippen molar-refractivity contribution in [3.05, 3.63) is 77.9 Å². The molecule has 1 aliphatic heterocycles. The number of rotatable bonds is 5. The summed E-state index contributed by atoms with van der Waals surface area (Å²) in [4.78, 5) is 23.3. The van der Waals surface area contributed by atoms with E-state index < -0.39 is 11.9 Å². The Kier molecular flexibility index (Phi) is 8.91. The summed E-state index contributed by atoms with van der Waals surface area (Å²) in [6.45, 7) is 6.77. The van der Waals surface area contributed by atoms with Crippen LogP contribution in [0.2, 0.25) is 0 Å². The van der Waals surface area contributed by atoms with Gasteiger partial charge in [-0.2, -0.15) is 0 Å². The van der Waals surface area contributed by atoms with Crippen LogP contribution in [0.1, 0.15) is 11.1 Å². The third-order valence-electron chi connectivity index (χ3n) is 4.37. The van der Waals surface area contributed by atoms with Crippen molar-refractivity contribution in [3.63, 3.8) is 0 Å². The molecule has 1 fully saturated rings. The Morgan fingerprint density at radius 3 is 1.82 bits per heavy atom. The second kappa shape index (κ2) is 11.7. The van der Waals surface area contributed by atoms with Crippen LogP contribution in [-0.4, -0.2) is 64.7 Å². The van der Waals surface area contributed by atoms with Crippen LogP contribution in [0.4, 0.5) is 0 Å². The van der Waals surface area contributed by atoms with Crippen LogP contribution >= 0.6 is 0 Å². The van der Waals surface area contributed by atoms with Gasteiger partial charge in [0.25, 0.3) is 0 Å². The minimum Gasteiger partial charge on any atom is -0.473 e. The molecule has 1 aliphatic rings. The zero-order valence-corrected chi connectivity index (χ0v) is 15.8. The molecule has 0 amide bonds. The van der Waals surface area contributed by atoms with E-state index in [-0.39, 0.29) is 0 Å². The lowest BCUT2D eigenvalue weighted by Crippen LogP contribution is -2.45. The van der Waals surface area contributed by atoms with Crippen molar-refractivity contribution in [1.82, 2.24) is 9.80 Å². The summed E-state index contributed by atoms with van der Waals surface area (Å²) >= 11 is 0. The SMILES string of the molecule is C(=C\c1ccccc1)/CN1CCN(Cc2ccccc2)CC1.O=C(O)C(=O)O. The first kappa shape index (κ1) is 21.3. The van der Waals surface area contributed by atoms with E-state index >= 15 is 0 Å². The van der Waals surface area contributed by atoms with Crippen molar-refractivity contribution < 1.29 is 19.8 Å². The molecule has 0 radical (unpaired) electrons. The van der Waals surface area contributed by atoms with E-state index in [0.29, 0.717) is 0 Å². The fourth-order valence-electron chi connectivity index (χ4n) is 2.87. The van der Waals surface area contributed by atoms with Gasteiger partial charge in [0.1, 0.15) is 0 Å². The second-order valence-corrected chi connectivity index (χ2v) is 6.49. The lowest BCUT2D eigenvalue weighted by atomic mass is 10.2. The standard InChI is InChI=1S/C20H24N2.C2H2O4/c1-3-8-19(9-4-1)12-7-13-21-14-16-22(17-15-21)18-20-10-5-2-6-11-20;3-1(4)2(5)6/h1-12H,13-18H2;(H,3,4)(H,5,6)/b12-7+;. The summed E-state index contributed by atoms with van der Waals surface area (Å²) in [5.74, 6) is -3.65. The molecule has 2 aromatic carbocycles. The topological polar surface area (TPSA) is 81.1 Å². The minimum atomic E-state index is -1.82. The number of carbonyl (C=O) groups is 2. The van der Waals surface area contributed by atoms with E-state index in [1.165, 1.54) is 11.1 Å². The van der Waals surface area contributed by atoms with Gasteiger partial charge in [0.2, 0.25) is 0 Å². The third kappa shape index (κ3) is 8.16. The molecule has 0 bridgehead atoms. The van der Waals surface area contributed by atoms with Crippen molar-refractivity contribution in [2.24, 2.45) is 0 Å². The number of piperazine rings is 1. The minimum absolute atomic E-state index is 1.05. The molecular formula is C22H26N2O4. The quantitative estimate of drug-likeness (QED) is 0.774. The van der Waals surface area contributed by atoms with E-state index in [9.17, 15) is 0 Å². The molecule has 0 aromatic heterocycles.